The minimum absolute atomic E-state index is 0.0517. The van der Waals surface area contributed by atoms with Gasteiger partial charge in [-0.2, -0.15) is 0 Å². The van der Waals surface area contributed by atoms with Crippen LogP contribution in [-0.4, -0.2) is 23.0 Å². The van der Waals surface area contributed by atoms with E-state index < -0.39 is 5.97 Å². The molecule has 3 rings (SSSR count). The molecule has 0 heterocycles. The van der Waals surface area contributed by atoms with Gasteiger partial charge in [-0.15, -0.1) is 0 Å². The molecule has 2 aromatic carbocycles. The van der Waals surface area contributed by atoms with Gasteiger partial charge in [-0.1, -0.05) is 18.2 Å². The van der Waals surface area contributed by atoms with E-state index in [0.717, 1.165) is 29.5 Å². The van der Waals surface area contributed by atoms with Crippen molar-refractivity contribution in [1.29, 1.82) is 0 Å². The highest BCUT2D eigenvalue weighted by Gasteiger charge is 2.23. The second-order valence-corrected chi connectivity index (χ2v) is 5.66. The molecule has 0 aromatic heterocycles. The van der Waals surface area contributed by atoms with Crippen LogP contribution in [0.5, 0.6) is 0 Å². The number of nitrogens with one attached hydrogen (secondary N) is 1. The van der Waals surface area contributed by atoms with Gasteiger partial charge in [-0.3, -0.25) is 4.79 Å². The fourth-order valence-corrected chi connectivity index (χ4v) is 2.44. The van der Waals surface area contributed by atoms with Crippen LogP contribution in [0.25, 0.3) is 11.1 Å². The first-order valence-electron chi connectivity index (χ1n) is 7.30. The zero-order valence-corrected chi connectivity index (χ0v) is 12.3. The average Bonchev–Trinajstić information content (AvgIpc) is 3.31. The number of hydrogen-bond donors (Lipinski definition) is 2. The minimum atomic E-state index is -0.938. The van der Waals surface area contributed by atoms with Gasteiger partial charge in [0.25, 0.3) is 5.91 Å². The molecule has 0 saturated heterocycles. The summed E-state index contributed by atoms with van der Waals surface area (Å²) in [5.74, 6) is -0.989. The number of amides is 1. The van der Waals surface area contributed by atoms with Gasteiger partial charge >= 0.3 is 5.97 Å². The Hall–Kier alpha value is -2.62. The van der Waals surface area contributed by atoms with E-state index in [4.69, 9.17) is 5.11 Å². The monoisotopic (exact) mass is 295 g/mol. The van der Waals surface area contributed by atoms with E-state index in [2.05, 4.69) is 5.32 Å². The van der Waals surface area contributed by atoms with Crippen LogP contribution in [0.3, 0.4) is 0 Å². The van der Waals surface area contributed by atoms with E-state index in [1.54, 1.807) is 24.3 Å². The lowest BCUT2D eigenvalue weighted by Crippen LogP contribution is -2.25. The van der Waals surface area contributed by atoms with Crippen molar-refractivity contribution in [3.8, 4) is 11.1 Å². The molecule has 0 radical (unpaired) electrons. The number of hydrogen-bond acceptors (Lipinski definition) is 2. The summed E-state index contributed by atoms with van der Waals surface area (Å²) in [6, 6.07) is 12.8. The molecule has 1 aliphatic carbocycles. The number of aryl methyl sites for hydroxylation is 1. The molecule has 112 valence electrons. The van der Waals surface area contributed by atoms with Crippen molar-refractivity contribution in [1.82, 2.24) is 5.32 Å². The molecule has 0 bridgehead atoms. The molecular formula is C18H17NO3. The summed E-state index contributed by atoms with van der Waals surface area (Å²) in [4.78, 5) is 23.1. The SMILES string of the molecule is Cc1cc(C(=O)O)ccc1-c1cccc(C(=O)NC2CC2)c1. The lowest BCUT2D eigenvalue weighted by molar-refractivity contribution is 0.0696. The van der Waals surface area contributed by atoms with Crippen molar-refractivity contribution in [3.05, 3.63) is 59.2 Å². The third-order valence-electron chi connectivity index (χ3n) is 3.82. The fourth-order valence-electron chi connectivity index (χ4n) is 2.44. The molecule has 1 aliphatic rings. The molecule has 1 fully saturated rings. The Balaban J connectivity index is 1.91. The number of benzene rings is 2. The third-order valence-corrected chi connectivity index (χ3v) is 3.82. The molecule has 2 aromatic rings. The zero-order chi connectivity index (χ0) is 15.7. The van der Waals surface area contributed by atoms with Crippen LogP contribution in [-0.2, 0) is 0 Å². The van der Waals surface area contributed by atoms with Gasteiger partial charge in [0.05, 0.1) is 5.56 Å². The van der Waals surface area contributed by atoms with Crippen LogP contribution in [0.4, 0.5) is 0 Å². The first-order chi connectivity index (χ1) is 10.5. The van der Waals surface area contributed by atoms with E-state index >= 15 is 0 Å². The van der Waals surface area contributed by atoms with Crippen LogP contribution in [0.15, 0.2) is 42.5 Å². The normalized spacial score (nSPS) is 13.7. The van der Waals surface area contributed by atoms with Crippen LogP contribution in [0, 0.1) is 6.92 Å². The van der Waals surface area contributed by atoms with E-state index in [-0.39, 0.29) is 11.5 Å². The molecule has 0 spiro atoms. The smallest absolute Gasteiger partial charge is 0.335 e. The van der Waals surface area contributed by atoms with Gasteiger partial charge in [0.2, 0.25) is 0 Å². The second-order valence-electron chi connectivity index (χ2n) is 5.66. The quantitative estimate of drug-likeness (QED) is 0.910. The van der Waals surface area contributed by atoms with E-state index in [1.807, 2.05) is 25.1 Å². The maximum Gasteiger partial charge on any atom is 0.335 e. The van der Waals surface area contributed by atoms with Gasteiger partial charge in [0.15, 0.2) is 0 Å². The Morgan fingerprint density at radius 1 is 1.09 bits per heavy atom. The minimum Gasteiger partial charge on any atom is -0.478 e. The largest absolute Gasteiger partial charge is 0.478 e. The van der Waals surface area contributed by atoms with Crippen molar-refractivity contribution >= 4 is 11.9 Å². The number of carboxylic acids is 1. The summed E-state index contributed by atoms with van der Waals surface area (Å²) in [6.45, 7) is 1.87. The number of carbonyl (C=O) groups is 2. The predicted molar refractivity (Wildman–Crippen MR) is 84.1 cm³/mol. The number of carbonyl (C=O) groups excluding carboxylic acids is 1. The Labute approximate surface area is 128 Å². The van der Waals surface area contributed by atoms with E-state index in [1.165, 1.54) is 0 Å². The number of carboxylic acid groups (broad SMARTS) is 1. The highest BCUT2D eigenvalue weighted by molar-refractivity contribution is 5.96. The molecule has 2 N–H and O–H groups in total. The lowest BCUT2D eigenvalue weighted by Gasteiger charge is -2.09. The second kappa shape index (κ2) is 5.64. The molecule has 0 atom stereocenters. The van der Waals surface area contributed by atoms with E-state index in [9.17, 15) is 9.59 Å². The first kappa shape index (κ1) is 14.3. The molecular weight excluding hydrogens is 278 g/mol. The lowest BCUT2D eigenvalue weighted by atomic mass is 9.97. The Morgan fingerprint density at radius 3 is 2.50 bits per heavy atom. The van der Waals surface area contributed by atoms with Crippen molar-refractivity contribution in [3.63, 3.8) is 0 Å². The van der Waals surface area contributed by atoms with Crippen molar-refractivity contribution in [2.24, 2.45) is 0 Å². The molecule has 4 heteroatoms. The molecule has 1 saturated carbocycles. The Bertz CT molecular complexity index is 748. The van der Waals surface area contributed by atoms with Gasteiger partial charge in [-0.25, -0.2) is 4.79 Å². The van der Waals surface area contributed by atoms with Gasteiger partial charge < -0.3 is 10.4 Å². The van der Waals surface area contributed by atoms with Gasteiger partial charge in [0.1, 0.15) is 0 Å². The molecule has 0 unspecified atom stereocenters. The summed E-state index contributed by atoms with van der Waals surface area (Å²) in [5, 5.41) is 12.0. The fraction of sp³-hybridized carbons (Fsp3) is 0.222. The maximum atomic E-state index is 12.1. The van der Waals surface area contributed by atoms with Crippen LogP contribution < -0.4 is 5.32 Å². The molecule has 4 nitrogen and oxygen atoms in total. The first-order valence-corrected chi connectivity index (χ1v) is 7.30. The summed E-state index contributed by atoms with van der Waals surface area (Å²) in [7, 11) is 0. The summed E-state index contributed by atoms with van der Waals surface area (Å²) in [5.41, 5.74) is 3.62. The molecule has 0 aliphatic heterocycles. The average molecular weight is 295 g/mol. The standard InChI is InChI=1S/C18H17NO3/c1-11-9-14(18(21)22)5-8-16(11)12-3-2-4-13(10-12)17(20)19-15-6-7-15/h2-5,8-10,15H,6-7H2,1H3,(H,19,20)(H,21,22). The van der Waals surface area contributed by atoms with Crippen LogP contribution in [0.1, 0.15) is 39.1 Å². The van der Waals surface area contributed by atoms with Crippen molar-refractivity contribution in [2.45, 2.75) is 25.8 Å². The Morgan fingerprint density at radius 2 is 1.86 bits per heavy atom. The third kappa shape index (κ3) is 3.01. The van der Waals surface area contributed by atoms with Crippen molar-refractivity contribution < 1.29 is 14.7 Å². The van der Waals surface area contributed by atoms with E-state index in [0.29, 0.717) is 11.6 Å². The highest BCUT2D eigenvalue weighted by atomic mass is 16.4. The van der Waals surface area contributed by atoms with Gasteiger partial charge in [0, 0.05) is 11.6 Å². The maximum absolute atomic E-state index is 12.1. The summed E-state index contributed by atoms with van der Waals surface area (Å²) < 4.78 is 0. The number of aromatic carboxylic acids is 1. The number of rotatable bonds is 4. The van der Waals surface area contributed by atoms with Crippen LogP contribution in [0.2, 0.25) is 0 Å². The molecule has 22 heavy (non-hydrogen) atoms. The van der Waals surface area contributed by atoms with Gasteiger partial charge in [-0.05, 0) is 60.7 Å². The topological polar surface area (TPSA) is 66.4 Å². The van der Waals surface area contributed by atoms with Crippen molar-refractivity contribution in [2.75, 3.05) is 0 Å². The highest BCUT2D eigenvalue weighted by Crippen LogP contribution is 2.26. The summed E-state index contributed by atoms with van der Waals surface area (Å²) >= 11 is 0. The summed E-state index contributed by atoms with van der Waals surface area (Å²) in [6.07, 6.45) is 2.11. The molecule has 1 amide bonds. The Kier molecular flexibility index (Phi) is 3.67. The zero-order valence-electron chi connectivity index (χ0n) is 12.3. The van der Waals surface area contributed by atoms with Crippen LogP contribution >= 0.6 is 0 Å². The predicted octanol–water partition coefficient (Wildman–Crippen LogP) is 3.25.